The maximum absolute atomic E-state index is 5.64. The number of hydrogen-bond donors (Lipinski definition) is 1. The van der Waals surface area contributed by atoms with Gasteiger partial charge in [0.15, 0.2) is 0 Å². The quantitative estimate of drug-likeness (QED) is 0.702. The average molecular weight is 196 g/mol. The molecule has 13 heavy (non-hydrogen) atoms. The normalized spacial score (nSPS) is 8.77. The summed E-state index contributed by atoms with van der Waals surface area (Å²) in [5.41, 5.74) is 1.21. The fourth-order valence-electron chi connectivity index (χ4n) is 0.772. The van der Waals surface area contributed by atoms with Crippen LogP contribution >= 0.6 is 11.6 Å². The molecule has 0 aliphatic rings. The van der Waals surface area contributed by atoms with Gasteiger partial charge in [-0.15, -0.1) is 0 Å². The maximum Gasteiger partial charge on any atom is 0.0690 e. The number of rotatable bonds is 0. The summed E-state index contributed by atoms with van der Waals surface area (Å²) < 4.78 is 0. The number of aromatic nitrogens is 3. The van der Waals surface area contributed by atoms with E-state index in [1.807, 2.05) is 31.2 Å². The first-order valence-electron chi connectivity index (χ1n) is 3.81. The van der Waals surface area contributed by atoms with Crippen molar-refractivity contribution in [2.45, 2.75) is 6.92 Å². The predicted molar refractivity (Wildman–Crippen MR) is 52.6 cm³/mol. The first kappa shape index (κ1) is 9.74. The maximum atomic E-state index is 5.64. The molecule has 68 valence electrons. The molecule has 0 aliphatic carbocycles. The van der Waals surface area contributed by atoms with E-state index >= 15 is 0 Å². The Morgan fingerprint density at radius 3 is 2.23 bits per heavy atom. The molecule has 0 fully saturated rings. The number of nitrogens with zero attached hydrogens (tertiary/aromatic N) is 2. The number of hydrogen-bond acceptors (Lipinski definition) is 2. The summed E-state index contributed by atoms with van der Waals surface area (Å²) in [6.07, 6.45) is 3.17. The van der Waals surface area contributed by atoms with Crippen LogP contribution in [-0.4, -0.2) is 15.4 Å². The van der Waals surface area contributed by atoms with Gasteiger partial charge in [-0.3, -0.25) is 0 Å². The van der Waals surface area contributed by atoms with Crippen molar-refractivity contribution >= 4 is 11.6 Å². The number of H-pyrrole nitrogens is 1. The number of nitrogens with one attached hydrogen (secondary N) is 1. The van der Waals surface area contributed by atoms with Gasteiger partial charge in [-0.1, -0.05) is 23.7 Å². The average Bonchev–Trinajstić information content (AvgIpc) is 2.59. The summed E-state index contributed by atoms with van der Waals surface area (Å²) in [6.45, 7) is 2.02. The summed E-state index contributed by atoms with van der Waals surface area (Å²) in [7, 11) is 0. The van der Waals surface area contributed by atoms with E-state index in [0.717, 1.165) is 5.02 Å². The largest absolute Gasteiger partial charge is 0.198 e. The monoisotopic (exact) mass is 195 g/mol. The van der Waals surface area contributed by atoms with E-state index in [1.165, 1.54) is 5.56 Å². The molecule has 1 aromatic carbocycles. The van der Waals surface area contributed by atoms with Crippen LogP contribution in [0.4, 0.5) is 0 Å². The molecule has 1 heterocycles. The zero-order valence-electron chi connectivity index (χ0n) is 7.24. The summed E-state index contributed by atoms with van der Waals surface area (Å²) >= 11 is 5.64. The molecule has 2 aromatic rings. The highest BCUT2D eigenvalue weighted by Crippen LogP contribution is 2.08. The van der Waals surface area contributed by atoms with Crippen molar-refractivity contribution in [3.8, 4) is 0 Å². The summed E-state index contributed by atoms with van der Waals surface area (Å²) in [6, 6.07) is 7.76. The van der Waals surface area contributed by atoms with Gasteiger partial charge in [0.25, 0.3) is 0 Å². The van der Waals surface area contributed by atoms with E-state index in [0.29, 0.717) is 0 Å². The van der Waals surface area contributed by atoms with Gasteiger partial charge in [0.2, 0.25) is 0 Å². The van der Waals surface area contributed by atoms with Gasteiger partial charge >= 0.3 is 0 Å². The lowest BCUT2D eigenvalue weighted by atomic mass is 10.2. The molecule has 0 amide bonds. The SMILES string of the molecule is Cc1cccc(Cl)c1.c1cn[nH]n1. The van der Waals surface area contributed by atoms with Gasteiger partial charge < -0.3 is 0 Å². The molecule has 0 atom stereocenters. The highest BCUT2D eigenvalue weighted by atomic mass is 35.5. The molecule has 0 unspecified atom stereocenters. The lowest BCUT2D eigenvalue weighted by Gasteiger charge is -1.88. The van der Waals surface area contributed by atoms with Gasteiger partial charge in [-0.2, -0.15) is 15.4 Å². The van der Waals surface area contributed by atoms with E-state index in [-0.39, 0.29) is 0 Å². The third kappa shape index (κ3) is 4.28. The van der Waals surface area contributed by atoms with Gasteiger partial charge in [0, 0.05) is 5.02 Å². The molecular formula is C9H10ClN3. The fraction of sp³-hybridized carbons (Fsp3) is 0.111. The Hall–Kier alpha value is -1.35. The van der Waals surface area contributed by atoms with E-state index < -0.39 is 0 Å². The third-order valence-electron chi connectivity index (χ3n) is 1.31. The van der Waals surface area contributed by atoms with Gasteiger partial charge in [-0.05, 0) is 24.6 Å². The smallest absolute Gasteiger partial charge is 0.0690 e. The molecule has 3 nitrogen and oxygen atoms in total. The van der Waals surface area contributed by atoms with Crippen LogP contribution in [0.1, 0.15) is 5.56 Å². The fourth-order valence-corrected chi connectivity index (χ4v) is 1.02. The molecule has 1 N–H and O–H groups in total. The third-order valence-corrected chi connectivity index (χ3v) is 1.55. The molecule has 4 heteroatoms. The number of benzene rings is 1. The Morgan fingerprint density at radius 2 is 1.92 bits per heavy atom. The number of aromatic amines is 1. The minimum absolute atomic E-state index is 0.810. The minimum Gasteiger partial charge on any atom is -0.198 e. The second-order valence-corrected chi connectivity index (χ2v) is 2.89. The highest BCUT2D eigenvalue weighted by molar-refractivity contribution is 6.30. The molecule has 0 bridgehead atoms. The van der Waals surface area contributed by atoms with Crippen LogP contribution in [0.3, 0.4) is 0 Å². The van der Waals surface area contributed by atoms with Crippen molar-refractivity contribution in [3.63, 3.8) is 0 Å². The van der Waals surface area contributed by atoms with E-state index in [2.05, 4.69) is 15.4 Å². The van der Waals surface area contributed by atoms with Crippen molar-refractivity contribution in [1.29, 1.82) is 0 Å². The molecule has 0 saturated heterocycles. The zero-order valence-corrected chi connectivity index (χ0v) is 7.99. The Morgan fingerprint density at radius 1 is 1.23 bits per heavy atom. The van der Waals surface area contributed by atoms with Crippen LogP contribution in [0.15, 0.2) is 36.7 Å². The van der Waals surface area contributed by atoms with Crippen molar-refractivity contribution < 1.29 is 0 Å². The standard InChI is InChI=1S/C7H7Cl.C2H3N3/c1-6-3-2-4-7(8)5-6;1-2-4-5-3-1/h2-5H,1H3;1-2H,(H,3,4,5). The van der Waals surface area contributed by atoms with E-state index in [9.17, 15) is 0 Å². The predicted octanol–water partition coefficient (Wildman–Crippen LogP) is 2.45. The molecule has 2 rings (SSSR count). The second kappa shape index (κ2) is 5.32. The molecule has 0 aliphatic heterocycles. The summed E-state index contributed by atoms with van der Waals surface area (Å²) in [5.74, 6) is 0. The van der Waals surface area contributed by atoms with Crippen molar-refractivity contribution in [2.75, 3.05) is 0 Å². The van der Waals surface area contributed by atoms with Crippen LogP contribution < -0.4 is 0 Å². The zero-order chi connectivity index (χ0) is 9.52. The molecule has 1 aromatic heterocycles. The lowest BCUT2D eigenvalue weighted by Crippen LogP contribution is -1.66. The van der Waals surface area contributed by atoms with Crippen molar-refractivity contribution in [2.24, 2.45) is 0 Å². The van der Waals surface area contributed by atoms with Gasteiger partial charge in [0.05, 0.1) is 12.4 Å². The lowest BCUT2D eigenvalue weighted by molar-refractivity contribution is 0.940. The second-order valence-electron chi connectivity index (χ2n) is 2.46. The number of halogens is 1. The summed E-state index contributed by atoms with van der Waals surface area (Å²) in [5, 5.41) is 10.1. The molecule has 0 saturated carbocycles. The van der Waals surface area contributed by atoms with Crippen LogP contribution in [0.2, 0.25) is 5.02 Å². The van der Waals surface area contributed by atoms with Crippen molar-refractivity contribution in [1.82, 2.24) is 15.4 Å². The Kier molecular flexibility index (Phi) is 3.99. The van der Waals surface area contributed by atoms with Gasteiger partial charge in [-0.25, -0.2) is 0 Å². The van der Waals surface area contributed by atoms with E-state index in [4.69, 9.17) is 11.6 Å². The minimum atomic E-state index is 0.810. The molecule has 0 radical (unpaired) electrons. The van der Waals surface area contributed by atoms with E-state index in [1.54, 1.807) is 12.4 Å². The molecule has 0 spiro atoms. The van der Waals surface area contributed by atoms with Gasteiger partial charge in [0.1, 0.15) is 0 Å². The molecular weight excluding hydrogens is 186 g/mol. The Labute approximate surface area is 81.7 Å². The first-order valence-corrected chi connectivity index (χ1v) is 4.19. The Balaban J connectivity index is 0.000000145. The van der Waals surface area contributed by atoms with Crippen LogP contribution in [0, 0.1) is 6.92 Å². The van der Waals surface area contributed by atoms with Crippen LogP contribution in [0.25, 0.3) is 0 Å². The Bertz CT molecular complexity index is 298. The van der Waals surface area contributed by atoms with Crippen molar-refractivity contribution in [3.05, 3.63) is 47.2 Å². The summed E-state index contributed by atoms with van der Waals surface area (Å²) in [4.78, 5) is 0. The first-order chi connectivity index (χ1) is 6.29. The van der Waals surface area contributed by atoms with Crippen LogP contribution in [0.5, 0.6) is 0 Å². The van der Waals surface area contributed by atoms with Crippen LogP contribution in [-0.2, 0) is 0 Å². The number of aryl methyl sites for hydroxylation is 1. The topological polar surface area (TPSA) is 41.6 Å². The highest BCUT2D eigenvalue weighted by Gasteiger charge is 1.82.